The molecule has 0 radical (unpaired) electrons. The minimum atomic E-state index is -0.558. The molecule has 0 unspecified atom stereocenters. The number of rotatable bonds is 6. The summed E-state index contributed by atoms with van der Waals surface area (Å²) < 4.78 is 5.09. The number of hydrogen-bond donors (Lipinski definition) is 4. The fourth-order valence-electron chi connectivity index (χ4n) is 2.19. The Bertz CT molecular complexity index is 842. The number of nitro groups is 1. The summed E-state index contributed by atoms with van der Waals surface area (Å²) in [6, 6.07) is 11.6. The van der Waals surface area contributed by atoms with Crippen LogP contribution in [-0.4, -0.2) is 30.1 Å². The van der Waals surface area contributed by atoms with Gasteiger partial charge in [-0.15, -0.1) is 0 Å². The fraction of sp³-hybridized carbons (Fsp3) is 0.176. The summed E-state index contributed by atoms with van der Waals surface area (Å²) in [6.07, 6.45) is 0. The van der Waals surface area contributed by atoms with E-state index in [1.165, 1.54) is 18.2 Å². The number of benzene rings is 2. The second-order valence-electron chi connectivity index (χ2n) is 5.35. The number of nitrogens with one attached hydrogen (secondary N) is 4. The van der Waals surface area contributed by atoms with E-state index in [2.05, 4.69) is 21.5 Å². The molecule has 1 amide bonds. The Labute approximate surface area is 161 Å². The van der Waals surface area contributed by atoms with Gasteiger partial charge in [-0.25, -0.2) is 0 Å². The summed E-state index contributed by atoms with van der Waals surface area (Å²) >= 11 is 5.10. The summed E-state index contributed by atoms with van der Waals surface area (Å²) in [5, 5.41) is 16.9. The van der Waals surface area contributed by atoms with Crippen LogP contribution >= 0.6 is 12.2 Å². The molecule has 0 heterocycles. The van der Waals surface area contributed by atoms with E-state index >= 15 is 0 Å². The first-order valence-electron chi connectivity index (χ1n) is 7.88. The van der Waals surface area contributed by atoms with Crippen molar-refractivity contribution in [1.29, 1.82) is 0 Å². The number of hydrogen-bond acceptors (Lipinski definition) is 6. The third kappa shape index (κ3) is 5.54. The van der Waals surface area contributed by atoms with Crippen molar-refractivity contribution in [3.8, 4) is 5.75 Å². The zero-order valence-corrected chi connectivity index (χ0v) is 15.6. The molecule has 27 heavy (non-hydrogen) atoms. The Kier molecular flexibility index (Phi) is 6.89. The van der Waals surface area contributed by atoms with Crippen LogP contribution in [0.5, 0.6) is 5.75 Å². The van der Waals surface area contributed by atoms with Crippen molar-refractivity contribution in [3.63, 3.8) is 0 Å². The maximum absolute atomic E-state index is 12.2. The molecule has 0 saturated carbocycles. The van der Waals surface area contributed by atoms with Crippen molar-refractivity contribution in [2.24, 2.45) is 0 Å². The molecule has 0 aliphatic carbocycles. The van der Waals surface area contributed by atoms with Crippen LogP contribution in [0.2, 0.25) is 0 Å². The molecule has 0 saturated heterocycles. The number of thiocarbonyl (C=S) groups is 1. The van der Waals surface area contributed by atoms with E-state index in [1.807, 2.05) is 24.3 Å². The Morgan fingerprint density at radius 2 is 1.89 bits per heavy atom. The molecule has 142 valence electrons. The van der Waals surface area contributed by atoms with Crippen LogP contribution in [0.4, 0.5) is 11.4 Å². The monoisotopic (exact) mass is 389 g/mol. The largest absolute Gasteiger partial charge is 0.497 e. The Morgan fingerprint density at radius 3 is 2.48 bits per heavy atom. The van der Waals surface area contributed by atoms with Crippen LogP contribution in [0.3, 0.4) is 0 Å². The molecule has 0 aliphatic heterocycles. The third-order valence-corrected chi connectivity index (χ3v) is 3.87. The lowest BCUT2D eigenvalue weighted by atomic mass is 10.1. The molecule has 0 bridgehead atoms. The predicted octanol–water partition coefficient (Wildman–Crippen LogP) is 1.95. The van der Waals surface area contributed by atoms with Gasteiger partial charge < -0.3 is 15.4 Å². The number of hydrazine groups is 1. The summed E-state index contributed by atoms with van der Waals surface area (Å²) in [4.78, 5) is 22.7. The number of carbonyl (C=O) groups excluding carboxylic acids is 1. The zero-order valence-electron chi connectivity index (χ0n) is 14.7. The maximum atomic E-state index is 12.2. The normalized spacial score (nSPS) is 9.85. The predicted molar refractivity (Wildman–Crippen MR) is 106 cm³/mol. The molecule has 2 rings (SSSR count). The van der Waals surface area contributed by atoms with Crippen molar-refractivity contribution in [1.82, 2.24) is 16.2 Å². The quantitative estimate of drug-likeness (QED) is 0.336. The van der Waals surface area contributed by atoms with Gasteiger partial charge in [-0.1, -0.05) is 12.1 Å². The average Bonchev–Trinajstić information content (AvgIpc) is 2.70. The molecule has 2 aromatic rings. The summed E-state index contributed by atoms with van der Waals surface area (Å²) in [5.74, 6) is 0.208. The summed E-state index contributed by atoms with van der Waals surface area (Å²) in [7, 11) is 3.16. The molecule has 0 spiro atoms. The van der Waals surface area contributed by atoms with Crippen molar-refractivity contribution < 1.29 is 14.5 Å². The van der Waals surface area contributed by atoms with Gasteiger partial charge in [0.05, 0.1) is 12.0 Å². The van der Waals surface area contributed by atoms with Gasteiger partial charge in [0.2, 0.25) is 0 Å². The lowest BCUT2D eigenvalue weighted by molar-refractivity contribution is -0.384. The zero-order chi connectivity index (χ0) is 19.8. The average molecular weight is 389 g/mol. The molecular weight excluding hydrogens is 370 g/mol. The highest BCUT2D eigenvalue weighted by Crippen LogP contribution is 2.24. The highest BCUT2D eigenvalue weighted by atomic mass is 32.1. The third-order valence-electron chi connectivity index (χ3n) is 3.63. The SMILES string of the molecule is CNc1ccc(C(=O)NNC(=S)NCc2ccc(OC)cc2)cc1[N+](=O)[O-]. The van der Waals surface area contributed by atoms with E-state index in [9.17, 15) is 14.9 Å². The molecule has 0 atom stereocenters. The molecule has 0 fully saturated rings. The topological polar surface area (TPSA) is 118 Å². The highest BCUT2D eigenvalue weighted by molar-refractivity contribution is 7.80. The van der Waals surface area contributed by atoms with E-state index in [1.54, 1.807) is 14.2 Å². The second kappa shape index (κ2) is 9.34. The van der Waals surface area contributed by atoms with Gasteiger partial charge in [0.1, 0.15) is 11.4 Å². The minimum absolute atomic E-state index is 0.131. The number of carbonyl (C=O) groups is 1. The van der Waals surface area contributed by atoms with Gasteiger partial charge in [-0.2, -0.15) is 0 Å². The number of nitrogens with zero attached hydrogens (tertiary/aromatic N) is 1. The molecule has 0 aromatic heterocycles. The molecule has 0 aliphatic rings. The van der Waals surface area contributed by atoms with Crippen molar-refractivity contribution in [2.75, 3.05) is 19.5 Å². The van der Waals surface area contributed by atoms with E-state index in [4.69, 9.17) is 17.0 Å². The first-order valence-corrected chi connectivity index (χ1v) is 8.28. The van der Waals surface area contributed by atoms with Crippen molar-refractivity contribution >= 4 is 34.6 Å². The van der Waals surface area contributed by atoms with Gasteiger partial charge >= 0.3 is 0 Å². The second-order valence-corrected chi connectivity index (χ2v) is 5.76. The van der Waals surface area contributed by atoms with Gasteiger partial charge in [-0.3, -0.25) is 25.8 Å². The summed E-state index contributed by atoms with van der Waals surface area (Å²) in [6.45, 7) is 0.452. The number of amides is 1. The lowest BCUT2D eigenvalue weighted by Gasteiger charge is -2.12. The molecular formula is C17H19N5O4S. The smallest absolute Gasteiger partial charge is 0.293 e. The fourth-order valence-corrected chi connectivity index (χ4v) is 2.31. The highest BCUT2D eigenvalue weighted by Gasteiger charge is 2.16. The van der Waals surface area contributed by atoms with Crippen LogP contribution < -0.4 is 26.2 Å². The van der Waals surface area contributed by atoms with Gasteiger partial charge in [0.25, 0.3) is 11.6 Å². The number of methoxy groups -OCH3 is 1. The van der Waals surface area contributed by atoms with Crippen LogP contribution in [0.15, 0.2) is 42.5 Å². The summed E-state index contributed by atoms with van der Waals surface area (Å²) in [5.41, 5.74) is 6.20. The van der Waals surface area contributed by atoms with Crippen molar-refractivity contribution in [2.45, 2.75) is 6.54 Å². The van der Waals surface area contributed by atoms with Crippen LogP contribution in [0, 0.1) is 10.1 Å². The van der Waals surface area contributed by atoms with Gasteiger partial charge in [-0.05, 0) is 42.0 Å². The Morgan fingerprint density at radius 1 is 1.19 bits per heavy atom. The first-order chi connectivity index (χ1) is 12.9. The first kappa shape index (κ1) is 19.9. The van der Waals surface area contributed by atoms with Crippen LogP contribution in [-0.2, 0) is 6.54 Å². The molecule has 10 heteroatoms. The minimum Gasteiger partial charge on any atom is -0.497 e. The van der Waals surface area contributed by atoms with E-state index in [0.29, 0.717) is 12.2 Å². The van der Waals surface area contributed by atoms with Gasteiger partial charge in [0.15, 0.2) is 5.11 Å². The van der Waals surface area contributed by atoms with Crippen LogP contribution in [0.25, 0.3) is 0 Å². The molecule has 4 N–H and O–H groups in total. The van der Waals surface area contributed by atoms with Crippen LogP contribution in [0.1, 0.15) is 15.9 Å². The maximum Gasteiger partial charge on any atom is 0.293 e. The van der Waals surface area contributed by atoms with Crippen molar-refractivity contribution in [3.05, 3.63) is 63.7 Å². The van der Waals surface area contributed by atoms with E-state index in [-0.39, 0.29) is 16.4 Å². The Hall–Kier alpha value is -3.40. The van der Waals surface area contributed by atoms with E-state index in [0.717, 1.165) is 11.3 Å². The standard InChI is InChI=1S/C17H19N5O4S/c1-18-14-8-5-12(9-15(14)22(24)25)16(23)20-21-17(27)19-10-11-3-6-13(26-2)7-4-11/h3-9,18H,10H2,1-2H3,(H,20,23)(H2,19,21,27). The Balaban J connectivity index is 1.88. The number of nitro benzene ring substituents is 1. The van der Waals surface area contributed by atoms with E-state index < -0.39 is 10.8 Å². The number of ether oxygens (including phenoxy) is 1. The molecule has 9 nitrogen and oxygen atoms in total. The van der Waals surface area contributed by atoms with Gasteiger partial charge in [0, 0.05) is 25.2 Å². The lowest BCUT2D eigenvalue weighted by Crippen LogP contribution is -2.46. The molecule has 2 aromatic carbocycles. The number of anilines is 1.